The number of alkyl halides is 2. The molecule has 0 saturated heterocycles. The van der Waals surface area contributed by atoms with Crippen LogP contribution >= 0.6 is 0 Å². The molecule has 1 N–H and O–H groups in total. The Hall–Kier alpha value is -1.95. The third kappa shape index (κ3) is 3.04. The molecule has 0 aliphatic heterocycles. The van der Waals surface area contributed by atoms with Crippen LogP contribution in [0.1, 0.15) is 5.69 Å². The average Bonchev–Trinajstić information content (AvgIpc) is 2.78. The second-order valence-electron chi connectivity index (χ2n) is 3.65. The summed E-state index contributed by atoms with van der Waals surface area (Å²) in [5.74, 6) is 0.136. The van der Waals surface area contributed by atoms with Crippen LogP contribution in [0.5, 0.6) is 5.75 Å². The zero-order chi connectivity index (χ0) is 13.0. The molecule has 1 heterocycles. The Balaban J connectivity index is 2.12. The second kappa shape index (κ2) is 5.59. The summed E-state index contributed by atoms with van der Waals surface area (Å²) in [7, 11) is 1.84. The first-order valence-corrected chi connectivity index (χ1v) is 5.43. The van der Waals surface area contributed by atoms with E-state index in [1.807, 2.05) is 19.3 Å². The first kappa shape index (κ1) is 12.5. The number of halogens is 2. The molecule has 0 aliphatic rings. The van der Waals surface area contributed by atoms with Gasteiger partial charge in [0.25, 0.3) is 0 Å². The van der Waals surface area contributed by atoms with E-state index in [2.05, 4.69) is 15.2 Å². The summed E-state index contributed by atoms with van der Waals surface area (Å²) >= 11 is 0. The molecule has 96 valence electrons. The number of aromatic nitrogens is 2. The van der Waals surface area contributed by atoms with Crippen molar-refractivity contribution in [2.45, 2.75) is 13.2 Å². The molecule has 1 aromatic heterocycles. The zero-order valence-electron chi connectivity index (χ0n) is 9.81. The smallest absolute Gasteiger partial charge is 0.387 e. The molecular weight excluding hydrogens is 240 g/mol. The Kier molecular flexibility index (Phi) is 3.88. The maximum absolute atomic E-state index is 12.0. The Labute approximate surface area is 103 Å². The fourth-order valence-corrected chi connectivity index (χ4v) is 1.56. The van der Waals surface area contributed by atoms with Crippen molar-refractivity contribution in [3.63, 3.8) is 0 Å². The van der Waals surface area contributed by atoms with Crippen LogP contribution in [0.25, 0.3) is 5.69 Å². The Bertz CT molecular complexity index is 496. The lowest BCUT2D eigenvalue weighted by Crippen LogP contribution is -2.06. The molecule has 2 aromatic rings. The standard InChI is InChI=1S/C12H13F2N3O/c1-15-8-9-6-7-17(16-9)10-2-4-11(5-3-10)18-12(13)14/h2-7,12,15H,8H2,1H3. The summed E-state index contributed by atoms with van der Waals surface area (Å²) < 4.78 is 29.9. The first-order valence-electron chi connectivity index (χ1n) is 5.43. The molecule has 4 nitrogen and oxygen atoms in total. The lowest BCUT2D eigenvalue weighted by Gasteiger charge is -2.05. The third-order valence-corrected chi connectivity index (χ3v) is 2.33. The van der Waals surface area contributed by atoms with Crippen molar-refractivity contribution < 1.29 is 13.5 Å². The molecule has 0 radical (unpaired) electrons. The van der Waals surface area contributed by atoms with E-state index in [1.165, 1.54) is 12.1 Å². The van der Waals surface area contributed by atoms with Crippen LogP contribution in [0.3, 0.4) is 0 Å². The van der Waals surface area contributed by atoms with Gasteiger partial charge in [-0.25, -0.2) is 4.68 Å². The highest BCUT2D eigenvalue weighted by atomic mass is 19.3. The van der Waals surface area contributed by atoms with Gasteiger partial charge in [0.1, 0.15) is 5.75 Å². The molecule has 2 rings (SSSR count). The normalized spacial score (nSPS) is 10.9. The molecule has 0 bridgehead atoms. The largest absolute Gasteiger partial charge is 0.435 e. The topological polar surface area (TPSA) is 39.1 Å². The van der Waals surface area contributed by atoms with E-state index in [0.717, 1.165) is 11.4 Å². The Morgan fingerprint density at radius 3 is 2.61 bits per heavy atom. The molecule has 0 amide bonds. The van der Waals surface area contributed by atoms with E-state index in [9.17, 15) is 8.78 Å². The second-order valence-corrected chi connectivity index (χ2v) is 3.65. The molecule has 0 atom stereocenters. The molecule has 0 fully saturated rings. The number of ether oxygens (including phenoxy) is 1. The highest BCUT2D eigenvalue weighted by Crippen LogP contribution is 2.17. The minimum atomic E-state index is -2.80. The van der Waals surface area contributed by atoms with Gasteiger partial charge in [0.05, 0.1) is 11.4 Å². The summed E-state index contributed by atoms with van der Waals surface area (Å²) in [6.45, 7) is -2.12. The lowest BCUT2D eigenvalue weighted by atomic mass is 10.3. The van der Waals surface area contributed by atoms with E-state index in [-0.39, 0.29) is 5.75 Å². The maximum Gasteiger partial charge on any atom is 0.387 e. The molecular formula is C12H13F2N3O. The molecule has 6 heteroatoms. The van der Waals surface area contributed by atoms with Crippen molar-refractivity contribution in [2.75, 3.05) is 7.05 Å². The minimum Gasteiger partial charge on any atom is -0.435 e. The monoisotopic (exact) mass is 253 g/mol. The van der Waals surface area contributed by atoms with Gasteiger partial charge in [-0.15, -0.1) is 0 Å². The third-order valence-electron chi connectivity index (χ3n) is 2.33. The van der Waals surface area contributed by atoms with Crippen LogP contribution in [0, 0.1) is 0 Å². The number of hydrogen-bond acceptors (Lipinski definition) is 3. The Morgan fingerprint density at radius 1 is 1.28 bits per heavy atom. The van der Waals surface area contributed by atoms with E-state index in [0.29, 0.717) is 6.54 Å². The zero-order valence-corrected chi connectivity index (χ0v) is 9.81. The molecule has 0 saturated carbocycles. The van der Waals surface area contributed by atoms with Crippen molar-refractivity contribution >= 4 is 0 Å². The molecule has 0 spiro atoms. The number of nitrogens with one attached hydrogen (secondary N) is 1. The van der Waals surface area contributed by atoms with Gasteiger partial charge in [0, 0.05) is 12.7 Å². The van der Waals surface area contributed by atoms with Gasteiger partial charge in [0.2, 0.25) is 0 Å². The maximum atomic E-state index is 12.0. The van der Waals surface area contributed by atoms with Crippen LogP contribution in [0.2, 0.25) is 0 Å². The van der Waals surface area contributed by atoms with Crippen molar-refractivity contribution in [2.24, 2.45) is 0 Å². The summed E-state index contributed by atoms with van der Waals surface area (Å²) in [4.78, 5) is 0. The highest BCUT2D eigenvalue weighted by Gasteiger charge is 2.05. The Morgan fingerprint density at radius 2 is 2.00 bits per heavy atom. The van der Waals surface area contributed by atoms with Crippen molar-refractivity contribution in [1.82, 2.24) is 15.1 Å². The number of rotatable bonds is 5. The van der Waals surface area contributed by atoms with Gasteiger partial charge in [-0.1, -0.05) is 0 Å². The van der Waals surface area contributed by atoms with Crippen LogP contribution in [-0.4, -0.2) is 23.4 Å². The fourth-order valence-electron chi connectivity index (χ4n) is 1.56. The van der Waals surface area contributed by atoms with Crippen LogP contribution in [-0.2, 0) is 6.54 Å². The summed E-state index contributed by atoms with van der Waals surface area (Å²) in [5.41, 5.74) is 1.70. The number of benzene rings is 1. The van der Waals surface area contributed by atoms with Gasteiger partial charge in [-0.3, -0.25) is 0 Å². The molecule has 0 aliphatic carbocycles. The van der Waals surface area contributed by atoms with Crippen LogP contribution in [0.4, 0.5) is 8.78 Å². The molecule has 1 aromatic carbocycles. The predicted molar refractivity (Wildman–Crippen MR) is 63.0 cm³/mol. The molecule has 18 heavy (non-hydrogen) atoms. The van der Waals surface area contributed by atoms with E-state index >= 15 is 0 Å². The van der Waals surface area contributed by atoms with Crippen LogP contribution < -0.4 is 10.1 Å². The predicted octanol–water partition coefficient (Wildman–Crippen LogP) is 2.19. The highest BCUT2D eigenvalue weighted by molar-refractivity contribution is 5.36. The van der Waals surface area contributed by atoms with E-state index < -0.39 is 6.61 Å². The summed E-state index contributed by atoms with van der Waals surface area (Å²) in [5, 5.41) is 7.33. The van der Waals surface area contributed by atoms with E-state index in [4.69, 9.17) is 0 Å². The fraction of sp³-hybridized carbons (Fsp3) is 0.250. The SMILES string of the molecule is CNCc1ccn(-c2ccc(OC(F)F)cc2)n1. The van der Waals surface area contributed by atoms with Gasteiger partial charge in [0.15, 0.2) is 0 Å². The molecule has 0 unspecified atom stereocenters. The summed E-state index contributed by atoms with van der Waals surface area (Å²) in [6, 6.07) is 8.21. The van der Waals surface area contributed by atoms with Crippen molar-refractivity contribution in [3.05, 3.63) is 42.2 Å². The average molecular weight is 253 g/mol. The van der Waals surface area contributed by atoms with Crippen LogP contribution in [0.15, 0.2) is 36.5 Å². The van der Waals surface area contributed by atoms with Crippen molar-refractivity contribution in [3.8, 4) is 11.4 Å². The lowest BCUT2D eigenvalue weighted by molar-refractivity contribution is -0.0498. The van der Waals surface area contributed by atoms with Gasteiger partial charge in [-0.2, -0.15) is 13.9 Å². The quantitative estimate of drug-likeness (QED) is 0.887. The van der Waals surface area contributed by atoms with Gasteiger partial charge >= 0.3 is 6.61 Å². The van der Waals surface area contributed by atoms with Gasteiger partial charge in [-0.05, 0) is 37.4 Å². The summed E-state index contributed by atoms with van der Waals surface area (Å²) in [6.07, 6.45) is 1.82. The van der Waals surface area contributed by atoms with Crippen molar-refractivity contribution in [1.29, 1.82) is 0 Å². The number of hydrogen-bond donors (Lipinski definition) is 1. The first-order chi connectivity index (χ1) is 8.69. The minimum absolute atomic E-state index is 0.136. The van der Waals surface area contributed by atoms with E-state index in [1.54, 1.807) is 16.8 Å². The van der Waals surface area contributed by atoms with Gasteiger partial charge < -0.3 is 10.1 Å². The number of nitrogens with zero attached hydrogens (tertiary/aromatic N) is 2.